The molecule has 0 aromatic carbocycles. The Morgan fingerprint density at radius 3 is 2.65 bits per heavy atom. The number of imidazole rings is 1. The standard InChI is InChI=1S/C23H34FN7O2S/c1-4-19-22(27(3)23(25)34-16(2)24)31-13-18(5-6-20(31)26-19)29-9-7-28(8-10-29)14-21(33)30-11-17(12-30)15-32/h5-6,13,16-17,25,32H,4,7-12,14-15H2,1-3H3. The number of nitrogens with one attached hydrogen (secondary N) is 1. The minimum Gasteiger partial charge on any atom is -0.396 e. The lowest BCUT2D eigenvalue weighted by molar-refractivity contribution is -0.139. The third-order valence-electron chi connectivity index (χ3n) is 6.54. The number of alkyl halides is 1. The van der Waals surface area contributed by atoms with E-state index in [1.165, 1.54) is 6.92 Å². The molecule has 2 aromatic heterocycles. The fraction of sp³-hybridized carbons (Fsp3) is 0.609. The van der Waals surface area contributed by atoms with Crippen LogP contribution in [-0.2, 0) is 11.2 Å². The minimum atomic E-state index is -1.16. The minimum absolute atomic E-state index is 0.140. The highest BCUT2D eigenvalue weighted by molar-refractivity contribution is 8.14. The average Bonchev–Trinajstić information content (AvgIpc) is 3.15. The number of aryl methyl sites for hydroxylation is 1. The van der Waals surface area contributed by atoms with Crippen LogP contribution in [0.25, 0.3) is 5.65 Å². The number of aliphatic hydroxyl groups is 1. The summed E-state index contributed by atoms with van der Waals surface area (Å²) in [6, 6.07) is 4.04. The maximum atomic E-state index is 13.5. The number of halogens is 1. The quantitative estimate of drug-likeness (QED) is 0.452. The van der Waals surface area contributed by atoms with E-state index >= 15 is 0 Å². The van der Waals surface area contributed by atoms with Crippen molar-refractivity contribution in [1.29, 1.82) is 5.41 Å². The zero-order valence-corrected chi connectivity index (χ0v) is 20.9. The summed E-state index contributed by atoms with van der Waals surface area (Å²) in [5.74, 6) is 1.16. The number of thioether (sulfide) groups is 1. The molecule has 1 amide bonds. The molecule has 0 aliphatic carbocycles. The average molecular weight is 492 g/mol. The maximum absolute atomic E-state index is 13.5. The molecule has 0 bridgehead atoms. The van der Waals surface area contributed by atoms with Gasteiger partial charge in [-0.2, -0.15) is 0 Å². The Morgan fingerprint density at radius 2 is 2.03 bits per heavy atom. The van der Waals surface area contributed by atoms with E-state index in [0.717, 1.165) is 60.8 Å². The van der Waals surface area contributed by atoms with E-state index < -0.39 is 5.50 Å². The van der Waals surface area contributed by atoms with Gasteiger partial charge in [-0.25, -0.2) is 9.37 Å². The molecule has 2 aromatic rings. The van der Waals surface area contributed by atoms with Gasteiger partial charge in [0.2, 0.25) is 5.91 Å². The molecule has 2 fully saturated rings. The number of nitrogens with zero attached hydrogens (tertiary/aromatic N) is 6. The molecule has 1 unspecified atom stereocenters. The van der Waals surface area contributed by atoms with Crippen LogP contribution in [0.2, 0.25) is 0 Å². The number of amides is 1. The summed E-state index contributed by atoms with van der Waals surface area (Å²) >= 11 is 0.877. The van der Waals surface area contributed by atoms with Gasteiger partial charge in [0.1, 0.15) is 17.0 Å². The number of aliphatic hydroxyl groups excluding tert-OH is 1. The second kappa shape index (κ2) is 10.5. The molecule has 2 aliphatic rings. The van der Waals surface area contributed by atoms with E-state index in [0.29, 0.717) is 26.1 Å². The Balaban J connectivity index is 1.44. The van der Waals surface area contributed by atoms with Gasteiger partial charge in [-0.05, 0) is 25.5 Å². The Bertz CT molecular complexity index is 1030. The Morgan fingerprint density at radius 1 is 1.32 bits per heavy atom. The summed E-state index contributed by atoms with van der Waals surface area (Å²) in [5.41, 5.74) is 1.57. The number of likely N-dealkylation sites (tertiary alicyclic amines) is 1. The lowest BCUT2D eigenvalue weighted by Gasteiger charge is -2.41. The van der Waals surface area contributed by atoms with Gasteiger partial charge < -0.3 is 19.8 Å². The normalized spacial score (nSPS) is 18.3. The number of carbonyl (C=O) groups excluding carboxylic acids is 1. The summed E-state index contributed by atoms with van der Waals surface area (Å²) in [6.45, 7) is 8.58. The van der Waals surface area contributed by atoms with Gasteiger partial charge in [-0.1, -0.05) is 18.7 Å². The molecule has 11 heteroatoms. The number of pyridine rings is 1. The number of piperazine rings is 1. The third-order valence-corrected chi connectivity index (χ3v) is 7.36. The fourth-order valence-electron chi connectivity index (χ4n) is 4.52. The Hall–Kier alpha value is -2.37. The number of rotatable bonds is 7. The van der Waals surface area contributed by atoms with Crippen molar-refractivity contribution in [2.24, 2.45) is 5.92 Å². The molecule has 0 radical (unpaired) electrons. The smallest absolute Gasteiger partial charge is 0.236 e. The van der Waals surface area contributed by atoms with Crippen LogP contribution in [0.15, 0.2) is 18.3 Å². The molecule has 2 N–H and O–H groups in total. The molecular formula is C23H34FN7O2S. The molecule has 9 nitrogen and oxygen atoms in total. The summed E-state index contributed by atoms with van der Waals surface area (Å²) < 4.78 is 15.5. The first kappa shape index (κ1) is 24.7. The molecule has 1 atom stereocenters. The van der Waals surface area contributed by atoms with Crippen LogP contribution < -0.4 is 9.80 Å². The largest absolute Gasteiger partial charge is 0.396 e. The molecule has 4 heterocycles. The second-order valence-electron chi connectivity index (χ2n) is 8.99. The van der Waals surface area contributed by atoms with Crippen LogP contribution in [0.3, 0.4) is 0 Å². The van der Waals surface area contributed by atoms with Crippen molar-refractivity contribution in [2.75, 3.05) is 69.3 Å². The van der Waals surface area contributed by atoms with Gasteiger partial charge in [0.25, 0.3) is 0 Å². The van der Waals surface area contributed by atoms with Gasteiger partial charge in [0.05, 0.1) is 17.9 Å². The van der Waals surface area contributed by atoms with E-state index in [4.69, 9.17) is 15.5 Å². The monoisotopic (exact) mass is 491 g/mol. The van der Waals surface area contributed by atoms with Crippen molar-refractivity contribution < 1.29 is 14.3 Å². The van der Waals surface area contributed by atoms with Crippen LogP contribution in [-0.4, -0.2) is 100 Å². The van der Waals surface area contributed by atoms with Crippen molar-refractivity contribution >= 4 is 40.0 Å². The zero-order valence-electron chi connectivity index (χ0n) is 20.1. The number of fused-ring (bicyclic) bond motifs is 1. The molecule has 4 rings (SSSR count). The number of aromatic nitrogens is 2. The number of amidine groups is 1. The molecular weight excluding hydrogens is 457 g/mol. The van der Waals surface area contributed by atoms with Crippen LogP contribution in [0.5, 0.6) is 0 Å². The van der Waals surface area contributed by atoms with Crippen LogP contribution in [0.1, 0.15) is 19.5 Å². The highest BCUT2D eigenvalue weighted by atomic mass is 32.2. The van der Waals surface area contributed by atoms with E-state index in [1.54, 1.807) is 11.9 Å². The molecule has 0 saturated carbocycles. The number of hydrogen-bond acceptors (Lipinski definition) is 7. The summed E-state index contributed by atoms with van der Waals surface area (Å²) in [5, 5.41) is 17.6. The van der Waals surface area contributed by atoms with Crippen molar-refractivity contribution in [2.45, 2.75) is 25.8 Å². The topological polar surface area (TPSA) is 91.4 Å². The third kappa shape index (κ3) is 5.16. The van der Waals surface area contributed by atoms with Crippen LogP contribution >= 0.6 is 11.8 Å². The second-order valence-corrected chi connectivity index (χ2v) is 10.3. The molecule has 186 valence electrons. The van der Waals surface area contributed by atoms with Crippen LogP contribution in [0, 0.1) is 11.3 Å². The summed E-state index contributed by atoms with van der Waals surface area (Å²) in [6.07, 6.45) is 2.75. The summed E-state index contributed by atoms with van der Waals surface area (Å²) in [4.78, 5) is 25.2. The first-order valence-electron chi connectivity index (χ1n) is 11.8. The van der Waals surface area contributed by atoms with Crippen LogP contribution in [0.4, 0.5) is 15.9 Å². The molecule has 2 aliphatic heterocycles. The van der Waals surface area contributed by atoms with Crippen molar-refractivity contribution in [3.05, 3.63) is 24.0 Å². The number of anilines is 2. The number of carbonyl (C=O) groups is 1. The Kier molecular flexibility index (Phi) is 7.63. The first-order chi connectivity index (χ1) is 16.3. The zero-order chi connectivity index (χ0) is 24.4. The lowest BCUT2D eigenvalue weighted by Crippen LogP contribution is -2.56. The fourth-order valence-corrected chi connectivity index (χ4v) is 5.07. The van der Waals surface area contributed by atoms with Crippen molar-refractivity contribution in [1.82, 2.24) is 19.2 Å². The van der Waals surface area contributed by atoms with E-state index in [1.807, 2.05) is 28.5 Å². The Labute approximate surface area is 204 Å². The SMILES string of the molecule is CCc1nc2ccc(N3CCN(CC(=O)N4CC(CO)C4)CC3)cn2c1N(C)C(=N)SC(C)F. The van der Waals surface area contributed by atoms with Gasteiger partial charge in [-0.15, -0.1) is 0 Å². The summed E-state index contributed by atoms with van der Waals surface area (Å²) in [7, 11) is 1.78. The first-order valence-corrected chi connectivity index (χ1v) is 12.7. The van der Waals surface area contributed by atoms with E-state index in [9.17, 15) is 9.18 Å². The van der Waals surface area contributed by atoms with E-state index in [-0.39, 0.29) is 23.6 Å². The van der Waals surface area contributed by atoms with Gasteiger partial charge in [0, 0.05) is 65.0 Å². The molecule has 2 saturated heterocycles. The highest BCUT2D eigenvalue weighted by Gasteiger charge is 2.31. The lowest BCUT2D eigenvalue weighted by atomic mass is 10.0. The predicted molar refractivity (Wildman–Crippen MR) is 135 cm³/mol. The highest BCUT2D eigenvalue weighted by Crippen LogP contribution is 2.28. The molecule has 0 spiro atoms. The number of hydrogen-bond donors (Lipinski definition) is 2. The van der Waals surface area contributed by atoms with Gasteiger partial charge in [-0.3, -0.25) is 19.5 Å². The van der Waals surface area contributed by atoms with Gasteiger partial charge in [0.15, 0.2) is 5.17 Å². The maximum Gasteiger partial charge on any atom is 0.236 e. The van der Waals surface area contributed by atoms with E-state index in [2.05, 4.69) is 15.9 Å². The van der Waals surface area contributed by atoms with Gasteiger partial charge >= 0.3 is 0 Å². The molecule has 34 heavy (non-hydrogen) atoms. The van der Waals surface area contributed by atoms with Crippen molar-refractivity contribution in [3.8, 4) is 0 Å². The van der Waals surface area contributed by atoms with Crippen molar-refractivity contribution in [3.63, 3.8) is 0 Å². The predicted octanol–water partition coefficient (Wildman–Crippen LogP) is 1.89.